The number of hydrogen-bond donors (Lipinski definition) is 1. The minimum absolute atomic E-state index is 0.0159. The van der Waals surface area contributed by atoms with Crippen LogP contribution in [-0.2, 0) is 0 Å². The molecule has 1 aromatic carbocycles. The summed E-state index contributed by atoms with van der Waals surface area (Å²) in [6.07, 6.45) is 0. The topological polar surface area (TPSA) is 55.0 Å². The maximum atomic E-state index is 13.6. The fourth-order valence-electron chi connectivity index (χ4n) is 1.45. The van der Waals surface area contributed by atoms with Gasteiger partial charge < -0.3 is 9.72 Å². The lowest BCUT2D eigenvalue weighted by molar-refractivity contribution is 0.422. The first-order chi connectivity index (χ1) is 8.95. The molecule has 0 fully saturated rings. The first-order valence-electron chi connectivity index (χ1n) is 5.70. The van der Waals surface area contributed by atoms with Crippen molar-refractivity contribution in [1.82, 2.24) is 9.97 Å². The number of H-pyrrole nitrogens is 1. The zero-order valence-corrected chi connectivity index (χ0v) is 12.0. The number of nitrogens with zero attached hydrogens (tertiary/aromatic N) is 1. The largest absolute Gasteiger partial charge is 0.436 e. The zero-order valence-electron chi connectivity index (χ0n) is 10.4. The van der Waals surface area contributed by atoms with E-state index in [0.29, 0.717) is 10.3 Å². The molecule has 0 saturated carbocycles. The highest BCUT2D eigenvalue weighted by Crippen LogP contribution is 2.26. The number of ether oxygens (including phenoxy) is 1. The summed E-state index contributed by atoms with van der Waals surface area (Å²) in [6.45, 7) is 3.78. The van der Waals surface area contributed by atoms with Gasteiger partial charge in [-0.2, -0.15) is 4.98 Å². The van der Waals surface area contributed by atoms with E-state index in [1.54, 1.807) is 6.07 Å². The van der Waals surface area contributed by atoms with Crippen molar-refractivity contribution in [1.29, 1.82) is 0 Å². The summed E-state index contributed by atoms with van der Waals surface area (Å²) in [7, 11) is 0. The molecule has 1 heterocycles. The van der Waals surface area contributed by atoms with E-state index >= 15 is 0 Å². The van der Waals surface area contributed by atoms with Gasteiger partial charge >= 0.3 is 0 Å². The molecule has 4 nitrogen and oxygen atoms in total. The van der Waals surface area contributed by atoms with Crippen molar-refractivity contribution in [3.05, 3.63) is 50.7 Å². The number of halogens is 2. The predicted octanol–water partition coefficient (Wildman–Crippen LogP) is 3.59. The van der Waals surface area contributed by atoms with E-state index in [-0.39, 0.29) is 23.1 Å². The quantitative estimate of drug-likeness (QED) is 0.937. The Kier molecular flexibility index (Phi) is 3.99. The average Bonchev–Trinajstić information content (AvgIpc) is 2.33. The van der Waals surface area contributed by atoms with Gasteiger partial charge in [-0.15, -0.1) is 0 Å². The second-order valence-corrected chi connectivity index (χ2v) is 5.22. The van der Waals surface area contributed by atoms with Crippen molar-refractivity contribution in [2.45, 2.75) is 19.8 Å². The number of benzene rings is 1. The molecule has 6 heteroatoms. The molecular weight excluding hydrogens is 315 g/mol. The Morgan fingerprint density at radius 1 is 1.37 bits per heavy atom. The van der Waals surface area contributed by atoms with Gasteiger partial charge in [0.25, 0.3) is 5.56 Å². The summed E-state index contributed by atoms with van der Waals surface area (Å²) >= 11 is 3.23. The fraction of sp³-hybridized carbons (Fsp3) is 0.231. The molecule has 0 aliphatic carbocycles. The molecule has 0 amide bonds. The van der Waals surface area contributed by atoms with Crippen molar-refractivity contribution in [2.24, 2.45) is 0 Å². The van der Waals surface area contributed by atoms with Gasteiger partial charge in [0.2, 0.25) is 5.88 Å². The van der Waals surface area contributed by atoms with Crippen LogP contribution in [0, 0.1) is 5.82 Å². The van der Waals surface area contributed by atoms with E-state index in [4.69, 9.17) is 4.74 Å². The highest BCUT2D eigenvalue weighted by atomic mass is 79.9. The summed E-state index contributed by atoms with van der Waals surface area (Å²) in [6, 6.07) is 5.50. The van der Waals surface area contributed by atoms with E-state index in [1.165, 1.54) is 18.2 Å². The van der Waals surface area contributed by atoms with Crippen LogP contribution in [0.4, 0.5) is 4.39 Å². The minimum atomic E-state index is -0.517. The lowest BCUT2D eigenvalue weighted by atomic mass is 10.2. The minimum Gasteiger partial charge on any atom is -0.436 e. The highest BCUT2D eigenvalue weighted by molar-refractivity contribution is 9.10. The monoisotopic (exact) mass is 326 g/mol. The second-order valence-electron chi connectivity index (χ2n) is 4.30. The molecule has 1 aromatic heterocycles. The van der Waals surface area contributed by atoms with Crippen molar-refractivity contribution in [3.63, 3.8) is 0 Å². The number of nitrogens with one attached hydrogen (secondary N) is 1. The SMILES string of the molecule is CC(C)c1nc(Oc2cc(Br)ccc2F)cc(=O)[nH]1. The van der Waals surface area contributed by atoms with Gasteiger partial charge in [0.15, 0.2) is 11.6 Å². The van der Waals surface area contributed by atoms with E-state index in [0.717, 1.165) is 0 Å². The zero-order chi connectivity index (χ0) is 14.0. The van der Waals surface area contributed by atoms with Crippen LogP contribution in [0.5, 0.6) is 11.6 Å². The Morgan fingerprint density at radius 3 is 2.79 bits per heavy atom. The normalized spacial score (nSPS) is 10.8. The van der Waals surface area contributed by atoms with E-state index in [1.807, 2.05) is 13.8 Å². The van der Waals surface area contributed by atoms with Crippen LogP contribution < -0.4 is 10.3 Å². The van der Waals surface area contributed by atoms with Gasteiger partial charge in [-0.25, -0.2) is 4.39 Å². The van der Waals surface area contributed by atoms with Crippen LogP contribution in [-0.4, -0.2) is 9.97 Å². The first-order valence-corrected chi connectivity index (χ1v) is 6.49. The van der Waals surface area contributed by atoms with Crippen molar-refractivity contribution >= 4 is 15.9 Å². The van der Waals surface area contributed by atoms with Gasteiger partial charge in [-0.05, 0) is 18.2 Å². The molecule has 0 saturated heterocycles. The van der Waals surface area contributed by atoms with Crippen LogP contribution in [0.2, 0.25) is 0 Å². The van der Waals surface area contributed by atoms with Crippen LogP contribution >= 0.6 is 15.9 Å². The van der Waals surface area contributed by atoms with Crippen molar-refractivity contribution in [3.8, 4) is 11.6 Å². The van der Waals surface area contributed by atoms with Crippen molar-refractivity contribution in [2.75, 3.05) is 0 Å². The van der Waals surface area contributed by atoms with Crippen LogP contribution in [0.3, 0.4) is 0 Å². The van der Waals surface area contributed by atoms with Gasteiger partial charge in [-0.1, -0.05) is 29.8 Å². The van der Waals surface area contributed by atoms with Crippen LogP contribution in [0.25, 0.3) is 0 Å². The molecule has 0 unspecified atom stereocenters. The number of aromatic amines is 1. The molecule has 0 spiro atoms. The van der Waals surface area contributed by atoms with Crippen LogP contribution in [0.15, 0.2) is 33.5 Å². The third kappa shape index (κ3) is 3.41. The summed E-state index contributed by atoms with van der Waals surface area (Å²) in [4.78, 5) is 18.2. The smallest absolute Gasteiger partial charge is 0.254 e. The third-order valence-corrected chi connectivity index (χ3v) is 2.88. The maximum absolute atomic E-state index is 13.6. The van der Waals surface area contributed by atoms with E-state index in [9.17, 15) is 9.18 Å². The third-order valence-electron chi connectivity index (χ3n) is 2.39. The molecule has 100 valence electrons. The fourth-order valence-corrected chi connectivity index (χ4v) is 1.79. The molecule has 1 N–H and O–H groups in total. The Hall–Kier alpha value is -1.69. The summed E-state index contributed by atoms with van der Waals surface area (Å²) in [5, 5.41) is 0. The van der Waals surface area contributed by atoms with Gasteiger partial charge in [0.05, 0.1) is 6.07 Å². The highest BCUT2D eigenvalue weighted by Gasteiger charge is 2.10. The first kappa shape index (κ1) is 13.7. The average molecular weight is 327 g/mol. The van der Waals surface area contributed by atoms with Crippen LogP contribution in [0.1, 0.15) is 25.6 Å². The standard InChI is InChI=1S/C13H12BrFN2O2/c1-7(2)13-16-11(18)6-12(17-13)19-10-5-8(14)3-4-9(10)15/h3-7H,1-2H3,(H,16,17,18). The number of aromatic nitrogens is 2. The van der Waals surface area contributed by atoms with Gasteiger partial charge in [-0.3, -0.25) is 4.79 Å². The predicted molar refractivity (Wildman–Crippen MR) is 73.1 cm³/mol. The van der Waals surface area contributed by atoms with E-state index in [2.05, 4.69) is 25.9 Å². The molecule has 2 rings (SSSR count). The van der Waals surface area contributed by atoms with E-state index < -0.39 is 5.82 Å². The summed E-state index contributed by atoms with van der Waals surface area (Å²) < 4.78 is 19.6. The molecule has 19 heavy (non-hydrogen) atoms. The molecule has 0 atom stereocenters. The molecule has 0 aliphatic heterocycles. The molecule has 0 aliphatic rings. The lowest BCUT2D eigenvalue weighted by Gasteiger charge is -2.09. The summed E-state index contributed by atoms with van der Waals surface area (Å²) in [5.41, 5.74) is -0.330. The van der Waals surface area contributed by atoms with Gasteiger partial charge in [0.1, 0.15) is 5.82 Å². The Labute approximate surface area is 117 Å². The summed E-state index contributed by atoms with van der Waals surface area (Å²) in [5.74, 6) is 0.115. The Bertz CT molecular complexity index is 655. The Morgan fingerprint density at radius 2 is 2.11 bits per heavy atom. The second kappa shape index (κ2) is 5.52. The molecular formula is C13H12BrFN2O2. The lowest BCUT2D eigenvalue weighted by Crippen LogP contribution is -2.12. The molecule has 0 bridgehead atoms. The van der Waals surface area contributed by atoms with Gasteiger partial charge in [0, 0.05) is 10.4 Å². The Balaban J connectivity index is 2.38. The number of hydrogen-bond acceptors (Lipinski definition) is 3. The maximum Gasteiger partial charge on any atom is 0.254 e. The van der Waals surface area contributed by atoms with Crippen molar-refractivity contribution < 1.29 is 9.13 Å². The molecule has 0 radical (unpaired) electrons. The number of rotatable bonds is 3. The molecule has 2 aromatic rings.